The van der Waals surface area contributed by atoms with Gasteiger partial charge in [0.05, 0.1) is 11.4 Å². The summed E-state index contributed by atoms with van der Waals surface area (Å²) in [6.45, 7) is 3.74. The summed E-state index contributed by atoms with van der Waals surface area (Å²) in [5.74, 6) is -0.940. The average Bonchev–Trinajstić information content (AvgIpc) is 2.96. The van der Waals surface area contributed by atoms with Crippen LogP contribution in [-0.4, -0.2) is 39.6 Å². The van der Waals surface area contributed by atoms with Crippen LogP contribution >= 0.6 is 11.6 Å². The highest BCUT2D eigenvalue weighted by molar-refractivity contribution is 6.33. The maximum atomic E-state index is 12.5. The third-order valence-electron chi connectivity index (χ3n) is 3.32. The molecule has 0 radical (unpaired) electrons. The van der Waals surface area contributed by atoms with E-state index in [1.807, 2.05) is 13.8 Å². The van der Waals surface area contributed by atoms with Crippen molar-refractivity contribution in [1.29, 1.82) is 0 Å². The monoisotopic (exact) mass is 336 g/mol. The van der Waals surface area contributed by atoms with Gasteiger partial charge in [0.15, 0.2) is 11.5 Å². The lowest BCUT2D eigenvalue weighted by Crippen LogP contribution is -2.38. The van der Waals surface area contributed by atoms with E-state index in [4.69, 9.17) is 21.2 Å². The fourth-order valence-electron chi connectivity index (χ4n) is 2.12. The fraction of sp³-hybridized carbons (Fsp3) is 0.312. The first kappa shape index (κ1) is 17.0. The molecule has 0 aliphatic carbocycles. The number of aromatic nitrogens is 1. The molecule has 1 amide bonds. The molecular weight excluding hydrogens is 320 g/mol. The highest BCUT2D eigenvalue weighted by Gasteiger charge is 2.23. The Kier molecular flexibility index (Phi) is 5.39. The highest BCUT2D eigenvalue weighted by Crippen LogP contribution is 2.28. The van der Waals surface area contributed by atoms with Crippen LogP contribution in [0, 0.1) is 0 Å². The molecule has 1 aromatic heterocycles. The average molecular weight is 337 g/mol. The van der Waals surface area contributed by atoms with Crippen LogP contribution < -0.4 is 0 Å². The number of aliphatic carboxylic acids is 1. The molecule has 7 heteroatoms. The summed E-state index contributed by atoms with van der Waals surface area (Å²) in [4.78, 5) is 24.7. The second-order valence-corrected chi connectivity index (χ2v) is 5.70. The predicted molar refractivity (Wildman–Crippen MR) is 85.4 cm³/mol. The van der Waals surface area contributed by atoms with E-state index < -0.39 is 5.97 Å². The number of hydrogen-bond acceptors (Lipinski definition) is 4. The SMILES string of the molecule is CC(C)N(CCC(=O)O)C(=O)c1cc(-c2ccccc2Cl)on1. The number of carboxylic acids is 1. The topological polar surface area (TPSA) is 83.6 Å². The molecule has 0 spiro atoms. The lowest BCUT2D eigenvalue weighted by Gasteiger charge is -2.24. The van der Waals surface area contributed by atoms with E-state index in [9.17, 15) is 9.59 Å². The maximum absolute atomic E-state index is 12.5. The van der Waals surface area contributed by atoms with Gasteiger partial charge in [0, 0.05) is 24.2 Å². The Morgan fingerprint density at radius 2 is 2.04 bits per heavy atom. The van der Waals surface area contributed by atoms with Crippen LogP contribution in [0.1, 0.15) is 30.8 Å². The van der Waals surface area contributed by atoms with Gasteiger partial charge in [-0.05, 0) is 26.0 Å². The molecule has 2 rings (SSSR count). The Balaban J connectivity index is 2.22. The van der Waals surface area contributed by atoms with Crippen molar-refractivity contribution in [2.24, 2.45) is 0 Å². The molecule has 1 heterocycles. The van der Waals surface area contributed by atoms with Crippen LogP contribution in [0.3, 0.4) is 0 Å². The minimum absolute atomic E-state index is 0.111. The van der Waals surface area contributed by atoms with E-state index in [1.165, 1.54) is 11.0 Å². The van der Waals surface area contributed by atoms with Gasteiger partial charge < -0.3 is 14.5 Å². The normalized spacial score (nSPS) is 10.8. The lowest BCUT2D eigenvalue weighted by atomic mass is 10.1. The molecule has 0 saturated heterocycles. The van der Waals surface area contributed by atoms with Crippen molar-refractivity contribution in [1.82, 2.24) is 10.1 Å². The molecule has 23 heavy (non-hydrogen) atoms. The van der Waals surface area contributed by atoms with Gasteiger partial charge >= 0.3 is 5.97 Å². The number of hydrogen-bond donors (Lipinski definition) is 1. The first-order valence-electron chi connectivity index (χ1n) is 7.14. The minimum atomic E-state index is -0.958. The van der Waals surface area contributed by atoms with Crippen LogP contribution in [-0.2, 0) is 4.79 Å². The van der Waals surface area contributed by atoms with E-state index >= 15 is 0 Å². The summed E-state index contributed by atoms with van der Waals surface area (Å²) in [6.07, 6.45) is -0.126. The minimum Gasteiger partial charge on any atom is -0.481 e. The zero-order valence-corrected chi connectivity index (χ0v) is 13.6. The number of benzene rings is 1. The van der Waals surface area contributed by atoms with Crippen LogP contribution in [0.15, 0.2) is 34.9 Å². The second kappa shape index (κ2) is 7.28. The van der Waals surface area contributed by atoms with Crippen molar-refractivity contribution in [2.45, 2.75) is 26.3 Å². The molecule has 0 aliphatic heterocycles. The number of carbonyl (C=O) groups excluding carboxylic acids is 1. The van der Waals surface area contributed by atoms with E-state index in [2.05, 4.69) is 5.16 Å². The standard InChI is InChI=1S/C16H17ClN2O4/c1-10(2)19(8-7-15(20)21)16(22)13-9-14(23-18-13)11-5-3-4-6-12(11)17/h3-6,9-10H,7-8H2,1-2H3,(H,20,21). The first-order valence-corrected chi connectivity index (χ1v) is 7.52. The fourth-order valence-corrected chi connectivity index (χ4v) is 2.35. The number of halogens is 1. The van der Waals surface area contributed by atoms with Crippen LogP contribution in [0.5, 0.6) is 0 Å². The number of rotatable bonds is 6. The molecule has 0 unspecified atom stereocenters. The zero-order valence-electron chi connectivity index (χ0n) is 12.8. The smallest absolute Gasteiger partial charge is 0.305 e. The molecule has 0 atom stereocenters. The predicted octanol–water partition coefficient (Wildman–Crippen LogP) is 3.32. The summed E-state index contributed by atoms with van der Waals surface area (Å²) in [5.41, 5.74) is 0.765. The van der Waals surface area contributed by atoms with Gasteiger partial charge in [-0.3, -0.25) is 9.59 Å². The van der Waals surface area contributed by atoms with Crippen molar-refractivity contribution in [3.8, 4) is 11.3 Å². The molecule has 122 valence electrons. The molecule has 0 saturated carbocycles. The molecule has 1 aromatic carbocycles. The summed E-state index contributed by atoms with van der Waals surface area (Å²) < 4.78 is 5.21. The zero-order chi connectivity index (χ0) is 17.0. The Labute approximate surface area is 138 Å². The van der Waals surface area contributed by atoms with Gasteiger partial charge in [-0.2, -0.15) is 0 Å². The Hall–Kier alpha value is -2.34. The number of nitrogens with zero attached hydrogens (tertiary/aromatic N) is 2. The first-order chi connectivity index (χ1) is 10.9. The van der Waals surface area contributed by atoms with E-state index in [-0.39, 0.29) is 30.6 Å². The van der Waals surface area contributed by atoms with Gasteiger partial charge in [-0.25, -0.2) is 0 Å². The summed E-state index contributed by atoms with van der Waals surface area (Å²) in [6, 6.07) is 8.44. The second-order valence-electron chi connectivity index (χ2n) is 5.29. The summed E-state index contributed by atoms with van der Waals surface area (Å²) >= 11 is 6.10. The number of carbonyl (C=O) groups is 2. The van der Waals surface area contributed by atoms with E-state index in [1.54, 1.807) is 24.3 Å². The molecule has 0 bridgehead atoms. The quantitative estimate of drug-likeness (QED) is 0.874. The van der Waals surface area contributed by atoms with Crippen molar-refractivity contribution < 1.29 is 19.2 Å². The van der Waals surface area contributed by atoms with E-state index in [0.29, 0.717) is 16.3 Å². The third kappa shape index (κ3) is 4.10. The van der Waals surface area contributed by atoms with Crippen LogP contribution in [0.4, 0.5) is 0 Å². The molecule has 0 aliphatic rings. The Bertz CT molecular complexity index is 712. The molecule has 2 aromatic rings. The number of carboxylic acid groups (broad SMARTS) is 1. The van der Waals surface area contributed by atoms with Crippen molar-refractivity contribution in [3.05, 3.63) is 41.0 Å². The lowest BCUT2D eigenvalue weighted by molar-refractivity contribution is -0.137. The van der Waals surface area contributed by atoms with Gasteiger partial charge in [0.2, 0.25) is 0 Å². The van der Waals surface area contributed by atoms with Gasteiger partial charge in [-0.1, -0.05) is 28.9 Å². The van der Waals surface area contributed by atoms with Gasteiger partial charge in [0.1, 0.15) is 0 Å². The largest absolute Gasteiger partial charge is 0.481 e. The van der Waals surface area contributed by atoms with Gasteiger partial charge in [-0.15, -0.1) is 0 Å². The number of amides is 1. The van der Waals surface area contributed by atoms with Crippen LogP contribution in [0.2, 0.25) is 5.02 Å². The summed E-state index contributed by atoms with van der Waals surface area (Å²) in [5, 5.41) is 13.1. The maximum Gasteiger partial charge on any atom is 0.305 e. The van der Waals surface area contributed by atoms with Crippen LogP contribution in [0.25, 0.3) is 11.3 Å². The summed E-state index contributed by atoms with van der Waals surface area (Å²) in [7, 11) is 0. The molecule has 0 fully saturated rings. The van der Waals surface area contributed by atoms with Crippen molar-refractivity contribution in [3.63, 3.8) is 0 Å². The van der Waals surface area contributed by atoms with Crippen molar-refractivity contribution in [2.75, 3.05) is 6.54 Å². The highest BCUT2D eigenvalue weighted by atomic mass is 35.5. The molecule has 6 nitrogen and oxygen atoms in total. The molecular formula is C16H17ClN2O4. The third-order valence-corrected chi connectivity index (χ3v) is 3.65. The Morgan fingerprint density at radius 3 is 2.65 bits per heavy atom. The van der Waals surface area contributed by atoms with Gasteiger partial charge in [0.25, 0.3) is 5.91 Å². The van der Waals surface area contributed by atoms with E-state index in [0.717, 1.165) is 0 Å². The Morgan fingerprint density at radius 1 is 1.35 bits per heavy atom. The molecule has 1 N–H and O–H groups in total. The van der Waals surface area contributed by atoms with Crippen molar-refractivity contribution >= 4 is 23.5 Å².